The van der Waals surface area contributed by atoms with E-state index < -0.39 is 10.0 Å². The molecule has 0 aliphatic carbocycles. The lowest BCUT2D eigenvalue weighted by atomic mass is 9.97. The monoisotopic (exact) mass is 374 g/mol. The first kappa shape index (κ1) is 18.8. The van der Waals surface area contributed by atoms with Gasteiger partial charge in [0.1, 0.15) is 0 Å². The molecule has 1 aliphatic rings. The number of aryl methyl sites for hydroxylation is 2. The summed E-state index contributed by atoms with van der Waals surface area (Å²) in [7, 11) is -3.24. The molecule has 1 fully saturated rings. The molecule has 1 N–H and O–H groups in total. The van der Waals surface area contributed by atoms with E-state index >= 15 is 0 Å². The van der Waals surface area contributed by atoms with Crippen molar-refractivity contribution in [3.8, 4) is 0 Å². The highest BCUT2D eigenvalue weighted by molar-refractivity contribution is 7.89. The Hall–Kier alpha value is -1.99. The van der Waals surface area contributed by atoms with Crippen molar-refractivity contribution >= 4 is 15.8 Å². The van der Waals surface area contributed by atoms with Crippen molar-refractivity contribution in [3.63, 3.8) is 0 Å². The van der Waals surface area contributed by atoms with Crippen LogP contribution in [0, 0.1) is 12.8 Å². The largest absolute Gasteiger partial charge is 0.355 e. The Balaban J connectivity index is 1.42. The Labute approximate surface area is 155 Å². The van der Waals surface area contributed by atoms with E-state index in [0.29, 0.717) is 18.9 Å². The maximum Gasteiger partial charge on any atom is 0.211 e. The van der Waals surface area contributed by atoms with Crippen LogP contribution in [-0.4, -0.2) is 44.0 Å². The quantitative estimate of drug-likeness (QED) is 0.804. The number of aromatic nitrogens is 2. The number of piperidine rings is 1. The van der Waals surface area contributed by atoms with Gasteiger partial charge in [0, 0.05) is 19.6 Å². The van der Waals surface area contributed by atoms with Crippen LogP contribution in [0.1, 0.15) is 24.1 Å². The van der Waals surface area contributed by atoms with Gasteiger partial charge in [0.25, 0.3) is 0 Å². The Morgan fingerprint density at radius 1 is 1.08 bits per heavy atom. The van der Waals surface area contributed by atoms with Gasteiger partial charge in [-0.05, 0) is 49.8 Å². The zero-order valence-corrected chi connectivity index (χ0v) is 16.0. The molecule has 0 unspecified atom stereocenters. The molecule has 140 valence electrons. The van der Waals surface area contributed by atoms with Gasteiger partial charge in [-0.2, -0.15) is 5.10 Å². The maximum atomic E-state index is 12.2. The van der Waals surface area contributed by atoms with E-state index in [4.69, 9.17) is 0 Å². The molecule has 7 heteroatoms. The van der Waals surface area contributed by atoms with Crippen LogP contribution in [0.25, 0.3) is 0 Å². The normalized spacial score (nSPS) is 16.0. The molecule has 3 rings (SSSR count). The average molecular weight is 375 g/mol. The van der Waals surface area contributed by atoms with Gasteiger partial charge in [-0.25, -0.2) is 13.1 Å². The summed E-state index contributed by atoms with van der Waals surface area (Å²) < 4.78 is 27.2. The lowest BCUT2D eigenvalue weighted by molar-refractivity contribution is 0.400. The van der Waals surface area contributed by atoms with Gasteiger partial charge < -0.3 is 4.90 Å². The number of benzene rings is 1. The minimum Gasteiger partial charge on any atom is -0.355 e. The zero-order chi connectivity index (χ0) is 18.4. The molecule has 0 radical (unpaired) electrons. The summed E-state index contributed by atoms with van der Waals surface area (Å²) in [6.07, 6.45) is 2.45. The van der Waals surface area contributed by atoms with Gasteiger partial charge in [0.05, 0.1) is 11.4 Å². The van der Waals surface area contributed by atoms with E-state index in [2.05, 4.69) is 19.8 Å². The first-order chi connectivity index (χ1) is 12.5. The highest BCUT2D eigenvalue weighted by Gasteiger charge is 2.22. The molecule has 6 nitrogen and oxygen atoms in total. The fourth-order valence-corrected chi connectivity index (χ4v) is 4.28. The number of sulfonamides is 1. The summed E-state index contributed by atoms with van der Waals surface area (Å²) in [5, 5.41) is 8.33. The number of hydrogen-bond donors (Lipinski definition) is 1. The minimum atomic E-state index is -3.24. The van der Waals surface area contributed by atoms with Gasteiger partial charge in [0.15, 0.2) is 5.82 Å². The molecule has 0 saturated carbocycles. The van der Waals surface area contributed by atoms with Crippen LogP contribution in [0.4, 0.5) is 5.82 Å². The van der Waals surface area contributed by atoms with E-state index in [1.807, 2.05) is 49.4 Å². The number of rotatable bonds is 7. The van der Waals surface area contributed by atoms with Crippen LogP contribution in [-0.2, 0) is 16.4 Å². The Bertz CT molecular complexity index is 786. The van der Waals surface area contributed by atoms with Crippen molar-refractivity contribution in [2.75, 3.05) is 30.3 Å². The predicted octanol–water partition coefficient (Wildman–Crippen LogP) is 2.16. The van der Waals surface area contributed by atoms with Crippen molar-refractivity contribution in [2.24, 2.45) is 5.92 Å². The topological polar surface area (TPSA) is 75.2 Å². The number of nitrogens with one attached hydrogen (secondary N) is 1. The molecule has 2 aromatic rings. The molecule has 2 heterocycles. The molecule has 0 atom stereocenters. The minimum absolute atomic E-state index is 0.134. The summed E-state index contributed by atoms with van der Waals surface area (Å²) in [5.74, 6) is 1.41. The number of hydrogen-bond acceptors (Lipinski definition) is 5. The number of anilines is 1. The molecular formula is C19H26N4O2S. The predicted molar refractivity (Wildman–Crippen MR) is 104 cm³/mol. The van der Waals surface area contributed by atoms with Gasteiger partial charge in [-0.1, -0.05) is 30.3 Å². The summed E-state index contributed by atoms with van der Waals surface area (Å²) in [6, 6.07) is 13.7. The molecule has 1 aromatic carbocycles. The highest BCUT2D eigenvalue weighted by atomic mass is 32.2. The van der Waals surface area contributed by atoms with E-state index in [1.54, 1.807) is 0 Å². The smallest absolute Gasteiger partial charge is 0.211 e. The molecule has 1 aromatic heterocycles. The van der Waals surface area contributed by atoms with Gasteiger partial charge in [-0.15, -0.1) is 5.10 Å². The lowest BCUT2D eigenvalue weighted by Crippen LogP contribution is -2.39. The van der Waals surface area contributed by atoms with Gasteiger partial charge in [-0.3, -0.25) is 0 Å². The third-order valence-electron chi connectivity index (χ3n) is 4.82. The fraction of sp³-hybridized carbons (Fsp3) is 0.474. The Morgan fingerprint density at radius 3 is 2.46 bits per heavy atom. The maximum absolute atomic E-state index is 12.2. The van der Waals surface area contributed by atoms with Crippen LogP contribution >= 0.6 is 0 Å². The molecule has 0 spiro atoms. The van der Waals surface area contributed by atoms with Crippen molar-refractivity contribution in [1.82, 2.24) is 14.9 Å². The van der Waals surface area contributed by atoms with E-state index in [1.165, 1.54) is 0 Å². The molecule has 1 saturated heterocycles. The molecule has 1 aliphatic heterocycles. The second-order valence-corrected chi connectivity index (χ2v) is 8.79. The van der Waals surface area contributed by atoms with Crippen molar-refractivity contribution in [1.29, 1.82) is 0 Å². The van der Waals surface area contributed by atoms with Gasteiger partial charge in [0.2, 0.25) is 10.0 Å². The van der Waals surface area contributed by atoms with E-state index in [-0.39, 0.29) is 5.75 Å². The third-order valence-corrected chi connectivity index (χ3v) is 6.16. The molecule has 0 bridgehead atoms. The van der Waals surface area contributed by atoms with Crippen LogP contribution in [0.5, 0.6) is 0 Å². The molecule has 26 heavy (non-hydrogen) atoms. The summed E-state index contributed by atoms with van der Waals surface area (Å²) in [5.41, 5.74) is 1.96. The van der Waals surface area contributed by atoms with Gasteiger partial charge >= 0.3 is 0 Å². The second-order valence-electron chi connectivity index (χ2n) is 6.87. The highest BCUT2D eigenvalue weighted by Crippen LogP contribution is 2.21. The van der Waals surface area contributed by atoms with Crippen LogP contribution in [0.3, 0.4) is 0 Å². The van der Waals surface area contributed by atoms with E-state index in [0.717, 1.165) is 43.0 Å². The van der Waals surface area contributed by atoms with Crippen LogP contribution in [0.15, 0.2) is 42.5 Å². The number of nitrogens with zero attached hydrogens (tertiary/aromatic N) is 3. The average Bonchev–Trinajstić information content (AvgIpc) is 2.67. The summed E-state index contributed by atoms with van der Waals surface area (Å²) in [4.78, 5) is 2.22. The fourth-order valence-electron chi connectivity index (χ4n) is 3.14. The van der Waals surface area contributed by atoms with Crippen molar-refractivity contribution < 1.29 is 8.42 Å². The first-order valence-corrected chi connectivity index (χ1v) is 10.7. The standard InChI is InChI=1S/C19H26N4O2S/c1-16-7-8-19(22-21-16)23-12-9-18(10-13-23)15-20-26(24,25)14-11-17-5-3-2-4-6-17/h2-8,18,20H,9-15H2,1H3. The summed E-state index contributed by atoms with van der Waals surface area (Å²) in [6.45, 7) is 4.21. The Kier molecular flexibility index (Phi) is 6.21. The SMILES string of the molecule is Cc1ccc(N2CCC(CNS(=O)(=O)CCc3ccccc3)CC2)nn1. The zero-order valence-electron chi connectivity index (χ0n) is 15.1. The van der Waals surface area contributed by atoms with Crippen LogP contribution < -0.4 is 9.62 Å². The Morgan fingerprint density at radius 2 is 1.81 bits per heavy atom. The summed E-state index contributed by atoms with van der Waals surface area (Å²) >= 11 is 0. The third kappa shape index (κ3) is 5.51. The van der Waals surface area contributed by atoms with Crippen molar-refractivity contribution in [3.05, 3.63) is 53.7 Å². The molecule has 0 amide bonds. The second kappa shape index (κ2) is 8.60. The first-order valence-electron chi connectivity index (χ1n) is 9.08. The molecular weight excluding hydrogens is 348 g/mol. The van der Waals surface area contributed by atoms with Crippen LogP contribution in [0.2, 0.25) is 0 Å². The van der Waals surface area contributed by atoms with E-state index in [9.17, 15) is 8.42 Å². The van der Waals surface area contributed by atoms with Crippen molar-refractivity contribution in [2.45, 2.75) is 26.2 Å². The lowest BCUT2D eigenvalue weighted by Gasteiger charge is -2.32.